The molecular formula is C18H19FN2O. The van der Waals surface area contributed by atoms with E-state index in [0.29, 0.717) is 17.7 Å². The fraction of sp³-hybridized carbons (Fsp3) is 0.278. The van der Waals surface area contributed by atoms with Crippen molar-refractivity contribution < 1.29 is 9.13 Å². The number of nitriles is 1. The molecule has 0 fully saturated rings. The van der Waals surface area contributed by atoms with Crippen molar-refractivity contribution in [2.75, 3.05) is 13.7 Å². The maximum atomic E-state index is 13.3. The first-order valence-corrected chi connectivity index (χ1v) is 7.10. The summed E-state index contributed by atoms with van der Waals surface area (Å²) in [5, 5.41) is 9.37. The molecule has 1 aromatic carbocycles. The molecule has 4 heteroatoms. The van der Waals surface area contributed by atoms with Gasteiger partial charge in [0.05, 0.1) is 18.2 Å². The lowest BCUT2D eigenvalue weighted by Gasteiger charge is -2.08. The van der Waals surface area contributed by atoms with Crippen molar-refractivity contribution in [1.29, 1.82) is 5.26 Å². The van der Waals surface area contributed by atoms with Crippen LogP contribution in [0.5, 0.6) is 0 Å². The molecular weight excluding hydrogens is 279 g/mol. The molecule has 2 aromatic rings. The van der Waals surface area contributed by atoms with Crippen molar-refractivity contribution in [2.45, 2.75) is 20.4 Å². The molecule has 1 heterocycles. The van der Waals surface area contributed by atoms with E-state index >= 15 is 0 Å². The molecule has 0 amide bonds. The largest absolute Gasteiger partial charge is 0.383 e. The first-order chi connectivity index (χ1) is 10.6. The molecule has 0 radical (unpaired) electrons. The van der Waals surface area contributed by atoms with Gasteiger partial charge in [0.15, 0.2) is 0 Å². The Morgan fingerprint density at radius 2 is 2.14 bits per heavy atom. The van der Waals surface area contributed by atoms with Crippen molar-refractivity contribution in [2.24, 2.45) is 0 Å². The summed E-state index contributed by atoms with van der Waals surface area (Å²) in [6.45, 7) is 5.43. The number of benzene rings is 1. The highest BCUT2D eigenvalue weighted by molar-refractivity contribution is 5.90. The predicted octanol–water partition coefficient (Wildman–Crippen LogP) is 3.95. The third-order valence-corrected chi connectivity index (χ3v) is 3.69. The molecule has 114 valence electrons. The van der Waals surface area contributed by atoms with Gasteiger partial charge in [-0.1, -0.05) is 12.1 Å². The van der Waals surface area contributed by atoms with Crippen LogP contribution in [-0.4, -0.2) is 18.3 Å². The van der Waals surface area contributed by atoms with E-state index in [9.17, 15) is 9.65 Å². The minimum Gasteiger partial charge on any atom is -0.383 e. The highest BCUT2D eigenvalue weighted by atomic mass is 19.1. The summed E-state index contributed by atoms with van der Waals surface area (Å²) in [7, 11) is 1.67. The SMILES string of the molecule is COCCn1c(C)cc(/C=C(/C#N)c2cccc(F)c2)c1C. The van der Waals surface area contributed by atoms with E-state index in [1.165, 1.54) is 12.1 Å². The molecule has 0 N–H and O–H groups in total. The van der Waals surface area contributed by atoms with Crippen molar-refractivity contribution in [3.8, 4) is 6.07 Å². The first kappa shape index (κ1) is 16.0. The van der Waals surface area contributed by atoms with Crippen LogP contribution in [0, 0.1) is 31.0 Å². The van der Waals surface area contributed by atoms with Crippen molar-refractivity contribution in [3.63, 3.8) is 0 Å². The minimum absolute atomic E-state index is 0.343. The van der Waals surface area contributed by atoms with Gasteiger partial charge < -0.3 is 9.30 Å². The molecule has 22 heavy (non-hydrogen) atoms. The second-order valence-corrected chi connectivity index (χ2v) is 5.15. The quantitative estimate of drug-likeness (QED) is 0.784. The van der Waals surface area contributed by atoms with Crippen LogP contribution in [0.4, 0.5) is 4.39 Å². The molecule has 3 nitrogen and oxygen atoms in total. The van der Waals surface area contributed by atoms with Gasteiger partial charge in [0.25, 0.3) is 0 Å². The number of hydrogen-bond donors (Lipinski definition) is 0. The molecule has 0 unspecified atom stereocenters. The summed E-state index contributed by atoms with van der Waals surface area (Å²) in [5.41, 5.74) is 4.18. The lowest BCUT2D eigenvalue weighted by molar-refractivity contribution is 0.186. The van der Waals surface area contributed by atoms with Gasteiger partial charge in [-0.2, -0.15) is 5.26 Å². The number of nitrogens with zero attached hydrogens (tertiary/aromatic N) is 2. The van der Waals surface area contributed by atoms with Gasteiger partial charge in [-0.3, -0.25) is 0 Å². The van der Waals surface area contributed by atoms with Crippen LogP contribution >= 0.6 is 0 Å². The Morgan fingerprint density at radius 1 is 1.36 bits per heavy atom. The number of aryl methyl sites for hydroxylation is 1. The second-order valence-electron chi connectivity index (χ2n) is 5.15. The molecule has 0 saturated carbocycles. The second kappa shape index (κ2) is 7.06. The average Bonchev–Trinajstić information content (AvgIpc) is 2.77. The van der Waals surface area contributed by atoms with Gasteiger partial charge in [0.2, 0.25) is 0 Å². The Labute approximate surface area is 130 Å². The summed E-state index contributed by atoms with van der Waals surface area (Å²) in [6.07, 6.45) is 1.81. The topological polar surface area (TPSA) is 38.0 Å². The fourth-order valence-corrected chi connectivity index (χ4v) is 2.49. The molecule has 0 saturated heterocycles. The number of aromatic nitrogens is 1. The van der Waals surface area contributed by atoms with E-state index in [-0.39, 0.29) is 5.82 Å². The van der Waals surface area contributed by atoms with E-state index in [0.717, 1.165) is 23.5 Å². The number of hydrogen-bond acceptors (Lipinski definition) is 2. The van der Waals surface area contributed by atoms with Crippen LogP contribution < -0.4 is 0 Å². The zero-order valence-electron chi connectivity index (χ0n) is 13.1. The Balaban J connectivity index is 2.41. The molecule has 2 rings (SSSR count). The van der Waals surface area contributed by atoms with Crippen molar-refractivity contribution >= 4 is 11.6 Å². The van der Waals surface area contributed by atoms with Crippen LogP contribution in [0.3, 0.4) is 0 Å². The van der Waals surface area contributed by atoms with Gasteiger partial charge in [-0.15, -0.1) is 0 Å². The monoisotopic (exact) mass is 298 g/mol. The lowest BCUT2D eigenvalue weighted by atomic mass is 10.0. The molecule has 0 spiro atoms. The van der Waals surface area contributed by atoms with Gasteiger partial charge in [-0.05, 0) is 49.2 Å². The summed E-state index contributed by atoms with van der Waals surface area (Å²) < 4.78 is 20.6. The Hall–Kier alpha value is -2.38. The molecule has 0 aliphatic rings. The fourth-order valence-electron chi connectivity index (χ4n) is 2.49. The molecule has 0 aliphatic heterocycles. The molecule has 1 aromatic heterocycles. The smallest absolute Gasteiger partial charge is 0.123 e. The Morgan fingerprint density at radius 3 is 2.77 bits per heavy atom. The van der Waals surface area contributed by atoms with Gasteiger partial charge >= 0.3 is 0 Å². The molecule has 0 atom stereocenters. The van der Waals surface area contributed by atoms with E-state index in [1.54, 1.807) is 25.3 Å². The summed E-state index contributed by atoms with van der Waals surface area (Å²) in [6, 6.07) is 10.3. The van der Waals surface area contributed by atoms with E-state index in [2.05, 4.69) is 10.6 Å². The zero-order valence-corrected chi connectivity index (χ0v) is 13.1. The third-order valence-electron chi connectivity index (χ3n) is 3.69. The van der Waals surface area contributed by atoms with Gasteiger partial charge in [0, 0.05) is 25.0 Å². The van der Waals surface area contributed by atoms with Crippen LogP contribution in [0.15, 0.2) is 30.3 Å². The van der Waals surface area contributed by atoms with E-state index in [4.69, 9.17) is 4.74 Å². The Kier molecular flexibility index (Phi) is 5.13. The van der Waals surface area contributed by atoms with Crippen molar-refractivity contribution in [1.82, 2.24) is 4.57 Å². The highest BCUT2D eigenvalue weighted by Gasteiger charge is 2.09. The summed E-state index contributed by atoms with van der Waals surface area (Å²) in [4.78, 5) is 0. The third kappa shape index (κ3) is 3.44. The maximum absolute atomic E-state index is 13.3. The van der Waals surface area contributed by atoms with Crippen LogP contribution in [0.25, 0.3) is 11.6 Å². The standard InChI is InChI=1S/C18H19FN2O/c1-13-9-16(14(2)21(13)7-8-22-3)10-17(12-20)15-5-4-6-18(19)11-15/h4-6,9-11H,7-8H2,1-3H3/b17-10-. The number of methoxy groups -OCH3 is 1. The number of allylic oxidation sites excluding steroid dienone is 1. The highest BCUT2D eigenvalue weighted by Crippen LogP contribution is 2.23. The Bertz CT molecular complexity index is 738. The summed E-state index contributed by atoms with van der Waals surface area (Å²) >= 11 is 0. The number of rotatable bonds is 5. The average molecular weight is 298 g/mol. The van der Waals surface area contributed by atoms with Crippen molar-refractivity contribution in [3.05, 3.63) is 58.7 Å². The van der Waals surface area contributed by atoms with E-state index in [1.807, 2.05) is 19.9 Å². The zero-order chi connectivity index (χ0) is 16.1. The molecule has 0 bridgehead atoms. The van der Waals surface area contributed by atoms with Crippen LogP contribution in [0.1, 0.15) is 22.5 Å². The lowest BCUT2D eigenvalue weighted by Crippen LogP contribution is -2.07. The predicted molar refractivity (Wildman–Crippen MR) is 85.7 cm³/mol. The van der Waals surface area contributed by atoms with Crippen LogP contribution in [0.2, 0.25) is 0 Å². The number of ether oxygens (including phenoxy) is 1. The summed E-state index contributed by atoms with van der Waals surface area (Å²) in [5.74, 6) is -0.343. The van der Waals surface area contributed by atoms with Crippen LogP contribution in [-0.2, 0) is 11.3 Å². The van der Waals surface area contributed by atoms with E-state index < -0.39 is 0 Å². The normalized spacial score (nSPS) is 11.5. The van der Waals surface area contributed by atoms with Gasteiger partial charge in [0.1, 0.15) is 5.82 Å². The number of halogens is 1. The molecule has 0 aliphatic carbocycles. The van der Waals surface area contributed by atoms with Gasteiger partial charge in [-0.25, -0.2) is 4.39 Å². The maximum Gasteiger partial charge on any atom is 0.123 e. The minimum atomic E-state index is -0.343. The first-order valence-electron chi connectivity index (χ1n) is 7.10.